The number of nitrogens with one attached hydrogen (secondary N) is 1. The number of pyridine rings is 1. The molecule has 0 amide bonds. The summed E-state index contributed by atoms with van der Waals surface area (Å²) >= 11 is 0. The van der Waals surface area contributed by atoms with E-state index in [9.17, 15) is 18.4 Å². The zero-order chi connectivity index (χ0) is 23.1. The molecule has 0 atom stereocenters. The molecule has 0 bridgehead atoms. The molecule has 1 fully saturated rings. The molecule has 0 saturated carbocycles. The summed E-state index contributed by atoms with van der Waals surface area (Å²) in [7, 11) is 0. The van der Waals surface area contributed by atoms with Gasteiger partial charge in [-0.15, -0.1) is 12.4 Å². The minimum atomic E-state index is -1.39. The first-order chi connectivity index (χ1) is 16.0. The predicted octanol–water partition coefficient (Wildman–Crippen LogP) is 6.30. The second-order valence-corrected chi connectivity index (χ2v) is 8.18. The van der Waals surface area contributed by atoms with Crippen LogP contribution in [0.4, 0.5) is 18.9 Å². The first-order valence-electron chi connectivity index (χ1n) is 10.8. The Balaban J connectivity index is 0.00000274. The number of aromatic nitrogens is 3. The Hall–Kier alpha value is -3.57. The Labute approximate surface area is 200 Å². The molecule has 0 unspecified atom stereocenters. The molecule has 5 rings (SSSR count). The van der Waals surface area contributed by atoms with E-state index >= 15 is 0 Å². The fourth-order valence-electron chi connectivity index (χ4n) is 4.49. The van der Waals surface area contributed by atoms with Gasteiger partial charge >= 0.3 is 0 Å². The molecule has 1 aliphatic rings. The second kappa shape index (κ2) is 9.35. The molecule has 1 aliphatic heterocycles. The van der Waals surface area contributed by atoms with Crippen molar-refractivity contribution in [2.24, 2.45) is 0 Å². The maximum absolute atomic E-state index is 14.5. The molecule has 174 valence electrons. The van der Waals surface area contributed by atoms with Crippen molar-refractivity contribution in [2.45, 2.75) is 26.2 Å². The molecule has 34 heavy (non-hydrogen) atoms. The van der Waals surface area contributed by atoms with Gasteiger partial charge in [-0.1, -0.05) is 12.1 Å². The highest BCUT2D eigenvalue weighted by Crippen LogP contribution is 2.36. The molecule has 4 aromatic rings. The molecule has 0 radical (unpaired) electrons. The van der Waals surface area contributed by atoms with E-state index in [-0.39, 0.29) is 29.3 Å². The molecule has 1 N–H and O–H groups in total. The van der Waals surface area contributed by atoms with Gasteiger partial charge in [-0.05, 0) is 56.0 Å². The Morgan fingerprint density at radius 1 is 0.971 bits per heavy atom. The van der Waals surface area contributed by atoms with Crippen molar-refractivity contribution < 1.29 is 13.2 Å². The fourth-order valence-corrected chi connectivity index (χ4v) is 4.49. The Kier molecular flexibility index (Phi) is 6.49. The van der Waals surface area contributed by atoms with Crippen LogP contribution in [0, 0.1) is 35.7 Å². The summed E-state index contributed by atoms with van der Waals surface area (Å²) in [4.78, 5) is 6.61. The van der Waals surface area contributed by atoms with Gasteiger partial charge in [0.25, 0.3) is 0 Å². The van der Waals surface area contributed by atoms with Gasteiger partial charge in [0, 0.05) is 24.3 Å². The van der Waals surface area contributed by atoms with Gasteiger partial charge in [0.2, 0.25) is 0 Å². The average Bonchev–Trinajstić information content (AvgIpc) is 3.27. The van der Waals surface area contributed by atoms with E-state index in [1.54, 1.807) is 6.92 Å². The summed E-state index contributed by atoms with van der Waals surface area (Å²) in [6.07, 6.45) is 3.63. The number of rotatable bonds is 3. The van der Waals surface area contributed by atoms with Crippen LogP contribution in [0.25, 0.3) is 33.5 Å². The number of hydrogen-bond acceptors (Lipinski definition) is 4. The Morgan fingerprint density at radius 2 is 1.65 bits per heavy atom. The molecular formula is C25H21ClF3N5. The highest BCUT2D eigenvalue weighted by molar-refractivity contribution is 5.97. The van der Waals surface area contributed by atoms with Crippen LogP contribution in [0.5, 0.6) is 0 Å². The van der Waals surface area contributed by atoms with Crippen LogP contribution in [-0.4, -0.2) is 28.3 Å². The average molecular weight is 484 g/mol. The van der Waals surface area contributed by atoms with Crippen LogP contribution >= 0.6 is 12.4 Å². The van der Waals surface area contributed by atoms with E-state index in [0.29, 0.717) is 22.7 Å². The van der Waals surface area contributed by atoms with E-state index in [0.717, 1.165) is 30.4 Å². The number of halogens is 4. The maximum atomic E-state index is 14.5. The topological polar surface area (TPSA) is 68.6 Å². The van der Waals surface area contributed by atoms with Crippen molar-refractivity contribution in [3.63, 3.8) is 0 Å². The number of nitrogens with zero attached hydrogens (tertiary/aromatic N) is 4. The van der Waals surface area contributed by atoms with Crippen molar-refractivity contribution >= 4 is 29.1 Å². The monoisotopic (exact) mass is 483 g/mol. The molecule has 0 aliphatic carbocycles. The summed E-state index contributed by atoms with van der Waals surface area (Å²) in [6.45, 7) is 3.75. The first kappa shape index (κ1) is 23.6. The third kappa shape index (κ3) is 3.86. The number of fused-ring (bicyclic) bond motifs is 1. The highest BCUT2D eigenvalue weighted by atomic mass is 35.5. The van der Waals surface area contributed by atoms with Crippen LogP contribution in [0.15, 0.2) is 36.4 Å². The van der Waals surface area contributed by atoms with Crippen molar-refractivity contribution in [1.82, 2.24) is 15.2 Å². The van der Waals surface area contributed by atoms with Crippen molar-refractivity contribution in [3.8, 4) is 28.6 Å². The molecule has 0 spiro atoms. The number of aryl methyl sites for hydroxylation is 1. The van der Waals surface area contributed by atoms with Crippen molar-refractivity contribution in [3.05, 3.63) is 65.0 Å². The summed E-state index contributed by atoms with van der Waals surface area (Å²) in [5.74, 6) is -3.60. The van der Waals surface area contributed by atoms with E-state index in [1.165, 1.54) is 19.3 Å². The lowest BCUT2D eigenvalue weighted by molar-refractivity contribution is 0.498. The molecule has 2 aromatic carbocycles. The van der Waals surface area contributed by atoms with Crippen molar-refractivity contribution in [2.75, 3.05) is 18.0 Å². The van der Waals surface area contributed by atoms with Gasteiger partial charge < -0.3 is 4.90 Å². The van der Waals surface area contributed by atoms with Gasteiger partial charge in [0.1, 0.15) is 11.9 Å². The standard InChI is InChI=1S/C25H20F3N5.ClH/c1-14-17(13-29)24(21-18(26)9-10-19(27)22(21)28)30-25-20(14)23(31-32-25)15-5-7-16(8-6-15)33-11-3-2-4-12-33;/h5-10H,2-4,11-12H2,1H3,(H,30,31,32);1H. The van der Waals surface area contributed by atoms with Crippen LogP contribution in [0.2, 0.25) is 0 Å². The summed E-state index contributed by atoms with van der Waals surface area (Å²) in [5, 5.41) is 17.5. The normalized spacial score (nSPS) is 13.6. The quantitative estimate of drug-likeness (QED) is 0.347. The smallest absolute Gasteiger partial charge is 0.182 e. The third-order valence-corrected chi connectivity index (χ3v) is 6.22. The molecule has 9 heteroatoms. The van der Waals surface area contributed by atoms with E-state index in [4.69, 9.17) is 0 Å². The number of benzene rings is 2. The molecule has 1 saturated heterocycles. The number of hydrogen-bond donors (Lipinski definition) is 1. The summed E-state index contributed by atoms with van der Waals surface area (Å²) in [6, 6.07) is 11.5. The van der Waals surface area contributed by atoms with Crippen LogP contribution in [-0.2, 0) is 0 Å². The van der Waals surface area contributed by atoms with Gasteiger partial charge in [0.15, 0.2) is 17.3 Å². The minimum absolute atomic E-state index is 0. The number of piperidine rings is 1. The van der Waals surface area contributed by atoms with Crippen LogP contribution in [0.1, 0.15) is 30.4 Å². The van der Waals surface area contributed by atoms with Crippen molar-refractivity contribution in [1.29, 1.82) is 5.26 Å². The Morgan fingerprint density at radius 3 is 2.32 bits per heavy atom. The number of anilines is 1. The van der Waals surface area contributed by atoms with Gasteiger partial charge in [-0.3, -0.25) is 5.10 Å². The number of H-pyrrole nitrogens is 1. The molecule has 5 nitrogen and oxygen atoms in total. The van der Waals surface area contributed by atoms with Gasteiger partial charge in [0.05, 0.1) is 27.9 Å². The largest absolute Gasteiger partial charge is 0.372 e. The zero-order valence-electron chi connectivity index (χ0n) is 18.3. The highest BCUT2D eigenvalue weighted by Gasteiger charge is 2.25. The van der Waals surface area contributed by atoms with Crippen LogP contribution in [0.3, 0.4) is 0 Å². The maximum Gasteiger partial charge on any atom is 0.182 e. The van der Waals surface area contributed by atoms with Gasteiger partial charge in [-0.2, -0.15) is 10.4 Å². The molecule has 2 aromatic heterocycles. The molecular weight excluding hydrogens is 463 g/mol. The predicted molar refractivity (Wildman–Crippen MR) is 127 cm³/mol. The molecule has 3 heterocycles. The zero-order valence-corrected chi connectivity index (χ0v) is 19.1. The lowest BCUT2D eigenvalue weighted by Crippen LogP contribution is -2.29. The van der Waals surface area contributed by atoms with E-state index < -0.39 is 23.0 Å². The SMILES string of the molecule is Cc1c(C#N)c(-c2c(F)ccc(F)c2F)nc2n[nH]c(-c3ccc(N4CCCCC4)cc3)c12.Cl. The lowest BCUT2D eigenvalue weighted by atomic mass is 9.97. The van der Waals surface area contributed by atoms with E-state index in [1.807, 2.05) is 30.3 Å². The van der Waals surface area contributed by atoms with Gasteiger partial charge in [-0.25, -0.2) is 18.2 Å². The fraction of sp³-hybridized carbons (Fsp3) is 0.240. The minimum Gasteiger partial charge on any atom is -0.372 e. The Bertz CT molecular complexity index is 1400. The van der Waals surface area contributed by atoms with E-state index in [2.05, 4.69) is 20.1 Å². The third-order valence-electron chi connectivity index (χ3n) is 6.22. The second-order valence-electron chi connectivity index (χ2n) is 8.18. The lowest BCUT2D eigenvalue weighted by Gasteiger charge is -2.28. The number of aromatic amines is 1. The first-order valence-corrected chi connectivity index (χ1v) is 10.8. The van der Waals surface area contributed by atoms with Crippen LogP contribution < -0.4 is 4.90 Å². The summed E-state index contributed by atoms with van der Waals surface area (Å²) in [5.41, 5.74) is 2.34. The summed E-state index contributed by atoms with van der Waals surface area (Å²) < 4.78 is 42.7. The number of nitriles is 1.